The number of halogens is 2. The molecule has 1 aliphatic rings. The predicted octanol–water partition coefficient (Wildman–Crippen LogP) is 3.78. The van der Waals surface area contributed by atoms with Crippen LogP contribution in [-0.4, -0.2) is 16.9 Å². The summed E-state index contributed by atoms with van der Waals surface area (Å²) in [7, 11) is 0. The lowest BCUT2D eigenvalue weighted by Gasteiger charge is -2.12. The van der Waals surface area contributed by atoms with E-state index in [-0.39, 0.29) is 42.7 Å². The van der Waals surface area contributed by atoms with Crippen LogP contribution < -0.4 is 15.8 Å². The summed E-state index contributed by atoms with van der Waals surface area (Å²) >= 11 is 0. The third-order valence-electron chi connectivity index (χ3n) is 3.81. The second-order valence-electron chi connectivity index (χ2n) is 5.56. The van der Waals surface area contributed by atoms with Crippen molar-refractivity contribution in [2.24, 2.45) is 11.7 Å². The number of aromatic nitrogens is 1. The van der Waals surface area contributed by atoms with E-state index in [0.717, 1.165) is 24.9 Å². The predicted molar refractivity (Wildman–Crippen MR) is 99.2 cm³/mol. The van der Waals surface area contributed by atoms with Crippen LogP contribution in [-0.2, 0) is 4.79 Å². The molecule has 1 amide bonds. The molecule has 1 aliphatic carbocycles. The summed E-state index contributed by atoms with van der Waals surface area (Å²) in [6.07, 6.45) is 4.21. The molecule has 2 aromatic rings. The molecule has 1 aromatic heterocycles. The zero-order chi connectivity index (χ0) is 15.4. The molecular formula is C17H21Cl2N3O2. The molecule has 0 aliphatic heterocycles. The molecule has 0 radical (unpaired) electrons. The Labute approximate surface area is 153 Å². The fraction of sp³-hybridized carbons (Fsp3) is 0.294. The summed E-state index contributed by atoms with van der Waals surface area (Å²) in [5, 5.41) is 2.94. The Hall–Kier alpha value is -1.82. The summed E-state index contributed by atoms with van der Waals surface area (Å²) in [4.78, 5) is 16.3. The van der Waals surface area contributed by atoms with Crippen molar-refractivity contribution in [3.05, 3.63) is 48.7 Å². The minimum Gasteiger partial charge on any atom is -0.439 e. The highest BCUT2D eigenvalue weighted by molar-refractivity contribution is 5.92. The zero-order valence-electron chi connectivity index (χ0n) is 13.1. The van der Waals surface area contributed by atoms with Gasteiger partial charge in [-0.05, 0) is 37.5 Å². The first-order valence-corrected chi connectivity index (χ1v) is 7.46. The van der Waals surface area contributed by atoms with Crippen molar-refractivity contribution in [2.45, 2.75) is 25.3 Å². The lowest BCUT2D eigenvalue weighted by atomic mass is 10.1. The van der Waals surface area contributed by atoms with Gasteiger partial charge in [0, 0.05) is 36.0 Å². The molecule has 1 heterocycles. The molecule has 0 saturated heterocycles. The summed E-state index contributed by atoms with van der Waals surface area (Å²) in [5.41, 5.74) is 6.58. The summed E-state index contributed by atoms with van der Waals surface area (Å²) < 4.78 is 5.66. The molecule has 1 aromatic carbocycles. The van der Waals surface area contributed by atoms with Gasteiger partial charge in [0.2, 0.25) is 11.8 Å². The van der Waals surface area contributed by atoms with Crippen LogP contribution >= 0.6 is 24.8 Å². The van der Waals surface area contributed by atoms with Crippen LogP contribution in [0, 0.1) is 5.92 Å². The largest absolute Gasteiger partial charge is 0.439 e. The van der Waals surface area contributed by atoms with Gasteiger partial charge in [-0.25, -0.2) is 4.98 Å². The highest BCUT2D eigenvalue weighted by Gasteiger charge is 2.27. The van der Waals surface area contributed by atoms with Gasteiger partial charge in [-0.15, -0.1) is 24.8 Å². The lowest BCUT2D eigenvalue weighted by Crippen LogP contribution is -2.23. The van der Waals surface area contributed by atoms with Gasteiger partial charge in [-0.1, -0.05) is 12.1 Å². The van der Waals surface area contributed by atoms with Crippen LogP contribution in [0.5, 0.6) is 11.6 Å². The van der Waals surface area contributed by atoms with Gasteiger partial charge in [0.25, 0.3) is 0 Å². The minimum atomic E-state index is 0. The van der Waals surface area contributed by atoms with Gasteiger partial charge >= 0.3 is 0 Å². The molecule has 3 rings (SSSR count). The van der Waals surface area contributed by atoms with Crippen LogP contribution in [0.25, 0.3) is 0 Å². The van der Waals surface area contributed by atoms with Crippen molar-refractivity contribution in [1.82, 2.24) is 4.98 Å². The number of amides is 1. The zero-order valence-corrected chi connectivity index (χ0v) is 14.7. The lowest BCUT2D eigenvalue weighted by molar-refractivity contribution is -0.119. The van der Waals surface area contributed by atoms with Gasteiger partial charge in [-0.2, -0.15) is 0 Å². The number of rotatable bonds is 4. The number of pyridine rings is 1. The van der Waals surface area contributed by atoms with Gasteiger partial charge < -0.3 is 15.8 Å². The SMILES string of the molecule is Cl.Cl.NC1CCC(C(=O)Nc2cccc(Oc3ccccn3)c2)C1. The average molecular weight is 370 g/mol. The topological polar surface area (TPSA) is 77.2 Å². The van der Waals surface area contributed by atoms with Gasteiger partial charge in [-0.3, -0.25) is 4.79 Å². The number of hydrogen-bond acceptors (Lipinski definition) is 4. The Morgan fingerprint density at radius 3 is 2.67 bits per heavy atom. The quantitative estimate of drug-likeness (QED) is 0.859. The second-order valence-corrected chi connectivity index (χ2v) is 5.56. The van der Waals surface area contributed by atoms with E-state index in [2.05, 4.69) is 10.3 Å². The molecule has 24 heavy (non-hydrogen) atoms. The third-order valence-corrected chi connectivity index (χ3v) is 3.81. The minimum absolute atomic E-state index is 0. The summed E-state index contributed by atoms with van der Waals surface area (Å²) in [6, 6.07) is 12.9. The summed E-state index contributed by atoms with van der Waals surface area (Å²) in [5.74, 6) is 1.20. The van der Waals surface area contributed by atoms with Crippen LogP contribution in [0.4, 0.5) is 5.69 Å². The molecule has 2 atom stereocenters. The number of ether oxygens (including phenoxy) is 1. The van der Waals surface area contributed by atoms with E-state index in [9.17, 15) is 4.79 Å². The number of nitrogens with two attached hydrogens (primary N) is 1. The molecule has 0 spiro atoms. The highest BCUT2D eigenvalue weighted by atomic mass is 35.5. The van der Waals surface area contributed by atoms with Crippen molar-refractivity contribution in [3.8, 4) is 11.6 Å². The third kappa shape index (κ3) is 5.37. The van der Waals surface area contributed by atoms with Crippen LogP contribution in [0.1, 0.15) is 19.3 Å². The molecule has 2 unspecified atom stereocenters. The Morgan fingerprint density at radius 2 is 2.00 bits per heavy atom. The smallest absolute Gasteiger partial charge is 0.227 e. The fourth-order valence-corrected chi connectivity index (χ4v) is 2.66. The van der Waals surface area contributed by atoms with Crippen molar-refractivity contribution >= 4 is 36.4 Å². The second kappa shape index (κ2) is 9.47. The number of nitrogens with zero attached hydrogens (tertiary/aromatic N) is 1. The Morgan fingerprint density at radius 1 is 1.17 bits per heavy atom. The normalized spacial score (nSPS) is 18.9. The molecule has 130 valence electrons. The number of anilines is 1. The van der Waals surface area contributed by atoms with E-state index in [0.29, 0.717) is 11.6 Å². The van der Waals surface area contributed by atoms with Crippen LogP contribution in [0.3, 0.4) is 0 Å². The Kier molecular flexibility index (Phi) is 7.98. The van der Waals surface area contributed by atoms with E-state index in [1.165, 1.54) is 0 Å². The van der Waals surface area contributed by atoms with Gasteiger partial charge in [0.1, 0.15) is 5.75 Å². The molecule has 0 bridgehead atoms. The van der Waals surface area contributed by atoms with Gasteiger partial charge in [0.05, 0.1) is 0 Å². The van der Waals surface area contributed by atoms with Crippen molar-refractivity contribution in [1.29, 1.82) is 0 Å². The first-order valence-electron chi connectivity index (χ1n) is 7.46. The maximum Gasteiger partial charge on any atom is 0.227 e. The van der Waals surface area contributed by atoms with E-state index < -0.39 is 0 Å². The first-order chi connectivity index (χ1) is 10.7. The highest BCUT2D eigenvalue weighted by Crippen LogP contribution is 2.27. The van der Waals surface area contributed by atoms with E-state index in [1.807, 2.05) is 30.3 Å². The maximum absolute atomic E-state index is 12.2. The average Bonchev–Trinajstić information content (AvgIpc) is 2.95. The molecular weight excluding hydrogens is 349 g/mol. The van der Waals surface area contributed by atoms with Crippen molar-refractivity contribution in [3.63, 3.8) is 0 Å². The number of nitrogens with one attached hydrogen (secondary N) is 1. The molecule has 1 fully saturated rings. The number of hydrogen-bond donors (Lipinski definition) is 2. The summed E-state index contributed by atoms with van der Waals surface area (Å²) in [6.45, 7) is 0. The molecule has 3 N–H and O–H groups in total. The molecule has 5 nitrogen and oxygen atoms in total. The number of carbonyl (C=O) groups is 1. The Bertz CT molecular complexity index is 655. The van der Waals surface area contributed by atoms with Crippen molar-refractivity contribution in [2.75, 3.05) is 5.32 Å². The number of benzene rings is 1. The van der Waals surface area contributed by atoms with E-state index in [4.69, 9.17) is 10.5 Å². The van der Waals surface area contributed by atoms with E-state index in [1.54, 1.807) is 18.3 Å². The molecule has 1 saturated carbocycles. The maximum atomic E-state index is 12.2. The fourth-order valence-electron chi connectivity index (χ4n) is 2.66. The van der Waals surface area contributed by atoms with Crippen LogP contribution in [0.15, 0.2) is 48.7 Å². The van der Waals surface area contributed by atoms with E-state index >= 15 is 0 Å². The first kappa shape index (κ1) is 20.2. The van der Waals surface area contributed by atoms with Gasteiger partial charge in [0.15, 0.2) is 0 Å². The number of carbonyl (C=O) groups excluding carboxylic acids is 1. The van der Waals surface area contributed by atoms with Crippen molar-refractivity contribution < 1.29 is 9.53 Å². The Balaban J connectivity index is 0.00000144. The van der Waals surface area contributed by atoms with Crippen LogP contribution in [0.2, 0.25) is 0 Å². The standard InChI is InChI=1S/C17H19N3O2.2ClH/c18-13-8-7-12(10-13)17(21)20-14-4-3-5-15(11-14)22-16-6-1-2-9-19-16;;/h1-6,9,11-13H,7-8,10,18H2,(H,20,21);2*1H. The molecule has 7 heteroatoms. The monoisotopic (exact) mass is 369 g/mol.